The summed E-state index contributed by atoms with van der Waals surface area (Å²) in [7, 11) is 0. The Morgan fingerprint density at radius 1 is 1.20 bits per heavy atom. The van der Waals surface area contributed by atoms with Crippen LogP contribution in [0.15, 0.2) is 24.3 Å². The van der Waals surface area contributed by atoms with Crippen LogP contribution in [0.2, 0.25) is 0 Å². The van der Waals surface area contributed by atoms with Crippen LogP contribution < -0.4 is 5.32 Å². The molecule has 1 aliphatic rings. The van der Waals surface area contributed by atoms with E-state index in [0.29, 0.717) is 18.4 Å². The van der Waals surface area contributed by atoms with Crippen molar-refractivity contribution in [1.29, 1.82) is 0 Å². The first-order valence-corrected chi connectivity index (χ1v) is 6.48. The quantitative estimate of drug-likeness (QED) is 0.898. The number of hydrogen-bond acceptors (Lipinski definition) is 2. The van der Waals surface area contributed by atoms with E-state index in [4.69, 9.17) is 0 Å². The first kappa shape index (κ1) is 14.8. The number of carbonyl (C=O) groups is 1. The molecule has 2 N–H and O–H groups in total. The minimum absolute atomic E-state index is 0.110. The lowest BCUT2D eigenvalue weighted by Crippen LogP contribution is -2.44. The van der Waals surface area contributed by atoms with Gasteiger partial charge in [0.1, 0.15) is 5.60 Å². The summed E-state index contributed by atoms with van der Waals surface area (Å²) in [6.45, 7) is 0.110. The number of nitrogens with one attached hydrogen (secondary N) is 1. The first-order valence-electron chi connectivity index (χ1n) is 6.48. The van der Waals surface area contributed by atoms with Crippen LogP contribution in [0.3, 0.4) is 0 Å². The van der Waals surface area contributed by atoms with Gasteiger partial charge in [-0.25, -0.2) is 0 Å². The number of aliphatic hydroxyl groups is 1. The van der Waals surface area contributed by atoms with Gasteiger partial charge in [0.2, 0.25) is 0 Å². The van der Waals surface area contributed by atoms with E-state index in [1.807, 2.05) is 0 Å². The number of alkyl halides is 3. The Kier molecular flexibility index (Phi) is 4.04. The molecule has 0 atom stereocenters. The highest BCUT2D eigenvalue weighted by Crippen LogP contribution is 2.30. The minimum Gasteiger partial charge on any atom is -0.380 e. The van der Waals surface area contributed by atoms with Crippen molar-refractivity contribution in [3.05, 3.63) is 35.4 Å². The average molecular weight is 287 g/mol. The molecule has 1 fully saturated rings. The summed E-state index contributed by atoms with van der Waals surface area (Å²) in [4.78, 5) is 11.8. The van der Waals surface area contributed by atoms with Gasteiger partial charge in [0, 0.05) is 6.54 Å². The van der Waals surface area contributed by atoms with Crippen molar-refractivity contribution in [3.63, 3.8) is 0 Å². The number of amides is 1. The summed E-state index contributed by atoms with van der Waals surface area (Å²) in [5.41, 5.74) is -1.47. The highest BCUT2D eigenvalue weighted by atomic mass is 19.4. The lowest BCUT2D eigenvalue weighted by Gasteiger charge is -2.21. The molecule has 0 aliphatic heterocycles. The zero-order chi connectivity index (χ0) is 14.8. The molecule has 6 heteroatoms. The smallest absolute Gasteiger partial charge is 0.380 e. The third-order valence-corrected chi connectivity index (χ3v) is 3.59. The van der Waals surface area contributed by atoms with Gasteiger partial charge in [-0.2, -0.15) is 13.2 Å². The summed E-state index contributed by atoms with van der Waals surface area (Å²) in [6, 6.07) is 4.60. The molecule has 0 saturated heterocycles. The molecule has 0 bridgehead atoms. The second kappa shape index (κ2) is 5.44. The third-order valence-electron chi connectivity index (χ3n) is 3.59. The van der Waals surface area contributed by atoms with E-state index in [-0.39, 0.29) is 6.54 Å². The molecular weight excluding hydrogens is 271 g/mol. The summed E-state index contributed by atoms with van der Waals surface area (Å²) < 4.78 is 37.2. The van der Waals surface area contributed by atoms with Gasteiger partial charge in [-0.3, -0.25) is 4.79 Å². The van der Waals surface area contributed by atoms with Crippen molar-refractivity contribution in [2.75, 3.05) is 0 Å². The molecule has 2 rings (SSSR count). The molecule has 0 spiro atoms. The van der Waals surface area contributed by atoms with Crippen molar-refractivity contribution < 1.29 is 23.1 Å². The number of rotatable bonds is 3. The SMILES string of the molecule is O=C(NCc1ccc(C(F)(F)F)cc1)C1(O)CCCC1. The zero-order valence-corrected chi connectivity index (χ0v) is 10.8. The molecule has 110 valence electrons. The maximum absolute atomic E-state index is 12.4. The second-order valence-electron chi connectivity index (χ2n) is 5.12. The molecule has 0 radical (unpaired) electrons. The van der Waals surface area contributed by atoms with Gasteiger partial charge in [-0.15, -0.1) is 0 Å². The van der Waals surface area contributed by atoms with Crippen LogP contribution in [-0.4, -0.2) is 16.6 Å². The maximum Gasteiger partial charge on any atom is 0.416 e. The summed E-state index contributed by atoms with van der Waals surface area (Å²) in [6.07, 6.45) is -1.87. The van der Waals surface area contributed by atoms with Crippen molar-refractivity contribution in [3.8, 4) is 0 Å². The van der Waals surface area contributed by atoms with Gasteiger partial charge < -0.3 is 10.4 Å². The molecule has 3 nitrogen and oxygen atoms in total. The fraction of sp³-hybridized carbons (Fsp3) is 0.500. The first-order chi connectivity index (χ1) is 9.31. The normalized spacial score (nSPS) is 18.0. The monoisotopic (exact) mass is 287 g/mol. The molecule has 1 saturated carbocycles. The molecule has 1 aliphatic carbocycles. The van der Waals surface area contributed by atoms with Crippen molar-refractivity contribution >= 4 is 5.91 Å². The zero-order valence-electron chi connectivity index (χ0n) is 10.8. The summed E-state index contributed by atoms with van der Waals surface area (Å²) >= 11 is 0. The van der Waals surface area contributed by atoms with Crippen molar-refractivity contribution in [1.82, 2.24) is 5.32 Å². The van der Waals surface area contributed by atoms with Gasteiger partial charge in [-0.05, 0) is 43.4 Å². The number of hydrogen-bond donors (Lipinski definition) is 2. The van der Waals surface area contributed by atoms with Crippen LogP contribution in [0, 0.1) is 0 Å². The Labute approximate surface area is 114 Å². The van der Waals surface area contributed by atoms with E-state index < -0.39 is 23.2 Å². The van der Waals surface area contributed by atoms with E-state index in [9.17, 15) is 23.1 Å². The fourth-order valence-corrected chi connectivity index (χ4v) is 2.35. The van der Waals surface area contributed by atoms with Crippen LogP contribution in [0.1, 0.15) is 36.8 Å². The van der Waals surface area contributed by atoms with Crippen LogP contribution in [0.5, 0.6) is 0 Å². The average Bonchev–Trinajstić information content (AvgIpc) is 2.84. The molecule has 20 heavy (non-hydrogen) atoms. The minimum atomic E-state index is -4.36. The van der Waals surface area contributed by atoms with Crippen LogP contribution >= 0.6 is 0 Å². The Hall–Kier alpha value is -1.56. The standard InChI is InChI=1S/C14H16F3NO2/c15-14(16,17)11-5-3-10(4-6-11)9-18-12(19)13(20)7-1-2-8-13/h3-6,20H,1-2,7-9H2,(H,18,19). The molecule has 0 unspecified atom stereocenters. The Bertz CT molecular complexity index is 476. The molecule has 1 amide bonds. The van der Waals surface area contributed by atoms with Crippen LogP contribution in [-0.2, 0) is 17.5 Å². The molecular formula is C14H16F3NO2. The number of halogens is 3. The molecule has 1 aromatic carbocycles. The van der Waals surface area contributed by atoms with Crippen molar-refractivity contribution in [2.45, 2.75) is 44.0 Å². The van der Waals surface area contributed by atoms with E-state index in [1.165, 1.54) is 12.1 Å². The maximum atomic E-state index is 12.4. The predicted molar refractivity (Wildman–Crippen MR) is 66.7 cm³/mol. The highest BCUT2D eigenvalue weighted by molar-refractivity contribution is 5.85. The van der Waals surface area contributed by atoms with Gasteiger partial charge in [0.15, 0.2) is 0 Å². The predicted octanol–water partition coefficient (Wildman–Crippen LogP) is 2.63. The van der Waals surface area contributed by atoms with Gasteiger partial charge >= 0.3 is 6.18 Å². The number of benzene rings is 1. The Balaban J connectivity index is 1.93. The largest absolute Gasteiger partial charge is 0.416 e. The van der Waals surface area contributed by atoms with E-state index in [0.717, 1.165) is 25.0 Å². The Morgan fingerprint density at radius 2 is 1.75 bits per heavy atom. The molecule has 1 aromatic rings. The Morgan fingerprint density at radius 3 is 2.25 bits per heavy atom. The van der Waals surface area contributed by atoms with Crippen LogP contribution in [0.25, 0.3) is 0 Å². The molecule has 0 aromatic heterocycles. The molecule has 0 heterocycles. The summed E-state index contributed by atoms with van der Waals surface area (Å²) in [5.74, 6) is -0.449. The van der Waals surface area contributed by atoms with Gasteiger partial charge in [-0.1, -0.05) is 12.1 Å². The highest BCUT2D eigenvalue weighted by Gasteiger charge is 2.38. The van der Waals surface area contributed by atoms with Crippen LogP contribution in [0.4, 0.5) is 13.2 Å². The van der Waals surface area contributed by atoms with E-state index in [1.54, 1.807) is 0 Å². The van der Waals surface area contributed by atoms with E-state index in [2.05, 4.69) is 5.32 Å². The summed E-state index contributed by atoms with van der Waals surface area (Å²) in [5, 5.41) is 12.6. The second-order valence-corrected chi connectivity index (χ2v) is 5.12. The van der Waals surface area contributed by atoms with E-state index >= 15 is 0 Å². The van der Waals surface area contributed by atoms with Gasteiger partial charge in [0.05, 0.1) is 5.56 Å². The third kappa shape index (κ3) is 3.30. The van der Waals surface area contributed by atoms with Crippen molar-refractivity contribution in [2.24, 2.45) is 0 Å². The topological polar surface area (TPSA) is 49.3 Å². The lowest BCUT2D eigenvalue weighted by molar-refractivity contribution is -0.139. The fourth-order valence-electron chi connectivity index (χ4n) is 2.35. The number of carbonyl (C=O) groups excluding carboxylic acids is 1. The van der Waals surface area contributed by atoms with Gasteiger partial charge in [0.25, 0.3) is 5.91 Å². The lowest BCUT2D eigenvalue weighted by atomic mass is 10.0.